The van der Waals surface area contributed by atoms with Crippen LogP contribution in [0.5, 0.6) is 23.0 Å². The lowest BCUT2D eigenvalue weighted by molar-refractivity contribution is 0.324. The van der Waals surface area contributed by atoms with E-state index in [0.717, 1.165) is 16.2 Å². The smallest absolute Gasteiger partial charge is 0.203 e. The molecule has 0 aliphatic heterocycles. The Morgan fingerprint density at radius 1 is 0.810 bits per heavy atom. The van der Waals surface area contributed by atoms with Gasteiger partial charge in [-0.15, -0.1) is 11.3 Å². The highest BCUT2D eigenvalue weighted by atomic mass is 32.1. The maximum Gasteiger partial charge on any atom is 0.203 e. The average molecular weight is 306 g/mol. The summed E-state index contributed by atoms with van der Waals surface area (Å²) in [6, 6.07) is 5.80. The highest BCUT2D eigenvalue weighted by Crippen LogP contribution is 2.38. The predicted molar refractivity (Wildman–Crippen MR) is 85.9 cm³/mol. The highest BCUT2D eigenvalue weighted by molar-refractivity contribution is 7.11. The van der Waals surface area contributed by atoms with Gasteiger partial charge in [0.15, 0.2) is 11.5 Å². The number of thiophene rings is 1. The van der Waals surface area contributed by atoms with Crippen molar-refractivity contribution in [3.63, 3.8) is 0 Å². The van der Waals surface area contributed by atoms with Crippen molar-refractivity contribution >= 4 is 23.5 Å². The van der Waals surface area contributed by atoms with Gasteiger partial charge in [-0.3, -0.25) is 0 Å². The molecule has 21 heavy (non-hydrogen) atoms. The number of hydrogen-bond acceptors (Lipinski definition) is 5. The van der Waals surface area contributed by atoms with Gasteiger partial charge in [0.1, 0.15) is 5.75 Å². The third kappa shape index (κ3) is 3.49. The predicted octanol–water partition coefficient (Wildman–Crippen LogP) is 3.95. The van der Waals surface area contributed by atoms with Crippen LogP contribution in [0.2, 0.25) is 0 Å². The van der Waals surface area contributed by atoms with E-state index in [9.17, 15) is 0 Å². The van der Waals surface area contributed by atoms with Gasteiger partial charge >= 0.3 is 0 Å². The minimum Gasteiger partial charge on any atom is -0.496 e. The molecule has 4 nitrogen and oxygen atoms in total. The third-order valence-electron chi connectivity index (χ3n) is 2.96. The second-order valence-corrected chi connectivity index (χ2v) is 5.12. The Bertz CT molecular complexity index is 606. The van der Waals surface area contributed by atoms with Crippen LogP contribution >= 0.6 is 11.3 Å². The molecule has 0 atom stereocenters. The zero-order valence-electron chi connectivity index (χ0n) is 12.5. The normalized spacial score (nSPS) is 10.7. The maximum absolute atomic E-state index is 5.34. The summed E-state index contributed by atoms with van der Waals surface area (Å²) in [5, 5.41) is 1.97. The highest BCUT2D eigenvalue weighted by Gasteiger charge is 2.11. The summed E-state index contributed by atoms with van der Waals surface area (Å²) in [5.74, 6) is 2.74. The fourth-order valence-corrected chi connectivity index (χ4v) is 2.65. The minimum absolute atomic E-state index is 0.593. The standard InChI is InChI=1S/C16H18O4S/c1-17-12-9-13(21-10-12)6-5-11-7-14(18-2)16(20-4)15(8-11)19-3/h5-10H,1-4H3/b6-5-. The Hall–Kier alpha value is -2.14. The summed E-state index contributed by atoms with van der Waals surface area (Å²) in [6.45, 7) is 0. The van der Waals surface area contributed by atoms with Crippen molar-refractivity contribution in [1.82, 2.24) is 0 Å². The third-order valence-corrected chi connectivity index (χ3v) is 3.83. The van der Waals surface area contributed by atoms with Gasteiger partial charge in [0.25, 0.3) is 0 Å². The van der Waals surface area contributed by atoms with Crippen molar-refractivity contribution in [3.05, 3.63) is 34.0 Å². The fourth-order valence-electron chi connectivity index (χ4n) is 1.90. The zero-order valence-corrected chi connectivity index (χ0v) is 13.3. The quantitative estimate of drug-likeness (QED) is 0.809. The first-order valence-electron chi connectivity index (χ1n) is 6.32. The Labute approximate surface area is 128 Å². The lowest BCUT2D eigenvalue weighted by Crippen LogP contribution is -1.95. The van der Waals surface area contributed by atoms with E-state index in [4.69, 9.17) is 18.9 Å². The molecular formula is C16H18O4S. The van der Waals surface area contributed by atoms with Crippen LogP contribution in [0.4, 0.5) is 0 Å². The first-order chi connectivity index (χ1) is 10.2. The number of benzene rings is 1. The van der Waals surface area contributed by atoms with Crippen LogP contribution in [-0.4, -0.2) is 28.4 Å². The van der Waals surface area contributed by atoms with Gasteiger partial charge in [-0.1, -0.05) is 6.08 Å². The van der Waals surface area contributed by atoms with E-state index in [1.807, 2.05) is 35.7 Å². The molecule has 0 unspecified atom stereocenters. The first kappa shape index (κ1) is 15.3. The Kier molecular flexibility index (Phi) is 5.11. The van der Waals surface area contributed by atoms with Crippen molar-refractivity contribution in [3.8, 4) is 23.0 Å². The molecule has 5 heteroatoms. The molecule has 0 bridgehead atoms. The zero-order chi connectivity index (χ0) is 15.2. The molecule has 1 aromatic carbocycles. The van der Waals surface area contributed by atoms with Crippen LogP contribution in [0, 0.1) is 0 Å². The SMILES string of the molecule is COc1csc(/C=C\c2cc(OC)c(OC)c(OC)c2)c1. The summed E-state index contributed by atoms with van der Waals surface area (Å²) >= 11 is 1.62. The molecule has 1 heterocycles. The molecule has 0 fully saturated rings. The Morgan fingerprint density at radius 2 is 1.48 bits per heavy atom. The molecule has 0 amide bonds. The monoisotopic (exact) mass is 306 g/mol. The van der Waals surface area contributed by atoms with Crippen molar-refractivity contribution < 1.29 is 18.9 Å². The molecular weight excluding hydrogens is 288 g/mol. The number of methoxy groups -OCH3 is 4. The summed E-state index contributed by atoms with van der Waals surface area (Å²) in [5.41, 5.74) is 0.969. The van der Waals surface area contributed by atoms with Gasteiger partial charge in [0.05, 0.1) is 28.4 Å². The van der Waals surface area contributed by atoms with Gasteiger partial charge < -0.3 is 18.9 Å². The van der Waals surface area contributed by atoms with Crippen LogP contribution in [0.1, 0.15) is 10.4 Å². The average Bonchev–Trinajstić information content (AvgIpc) is 2.99. The van der Waals surface area contributed by atoms with E-state index in [1.165, 1.54) is 0 Å². The maximum atomic E-state index is 5.34. The van der Waals surface area contributed by atoms with Crippen LogP contribution in [0.15, 0.2) is 23.6 Å². The summed E-state index contributed by atoms with van der Waals surface area (Å²) in [4.78, 5) is 1.11. The van der Waals surface area contributed by atoms with E-state index in [-0.39, 0.29) is 0 Å². The van der Waals surface area contributed by atoms with Crippen LogP contribution in [0.25, 0.3) is 12.2 Å². The largest absolute Gasteiger partial charge is 0.496 e. The first-order valence-corrected chi connectivity index (χ1v) is 7.20. The topological polar surface area (TPSA) is 36.9 Å². The number of rotatable bonds is 6. The van der Waals surface area contributed by atoms with Crippen molar-refractivity contribution in [2.24, 2.45) is 0 Å². The molecule has 0 aliphatic rings. The van der Waals surface area contributed by atoms with E-state index in [0.29, 0.717) is 17.2 Å². The Morgan fingerprint density at radius 3 is 1.95 bits per heavy atom. The van der Waals surface area contributed by atoms with Crippen molar-refractivity contribution in [2.75, 3.05) is 28.4 Å². The van der Waals surface area contributed by atoms with Crippen molar-refractivity contribution in [2.45, 2.75) is 0 Å². The van der Waals surface area contributed by atoms with E-state index in [2.05, 4.69) is 0 Å². The van der Waals surface area contributed by atoms with Gasteiger partial charge in [-0.05, 0) is 29.8 Å². The lowest BCUT2D eigenvalue weighted by Gasteiger charge is -2.12. The molecule has 2 aromatic rings. The molecule has 0 saturated heterocycles. The summed E-state index contributed by atoms with van der Waals surface area (Å²) < 4.78 is 21.1. The van der Waals surface area contributed by atoms with Gasteiger partial charge in [-0.25, -0.2) is 0 Å². The van der Waals surface area contributed by atoms with Gasteiger partial charge in [0, 0.05) is 10.3 Å². The lowest BCUT2D eigenvalue weighted by atomic mass is 10.1. The second kappa shape index (κ2) is 7.04. The van der Waals surface area contributed by atoms with Gasteiger partial charge in [-0.2, -0.15) is 0 Å². The minimum atomic E-state index is 0.593. The van der Waals surface area contributed by atoms with Crippen LogP contribution in [0.3, 0.4) is 0 Å². The summed E-state index contributed by atoms with van der Waals surface area (Å²) in [6.07, 6.45) is 4.02. The molecule has 0 N–H and O–H groups in total. The molecule has 0 saturated carbocycles. The molecule has 112 valence electrons. The van der Waals surface area contributed by atoms with Crippen LogP contribution in [-0.2, 0) is 0 Å². The van der Waals surface area contributed by atoms with E-state index in [1.54, 1.807) is 39.8 Å². The summed E-state index contributed by atoms with van der Waals surface area (Å²) in [7, 11) is 6.46. The molecule has 1 aromatic heterocycles. The molecule has 0 spiro atoms. The molecule has 0 radical (unpaired) electrons. The molecule has 0 aliphatic carbocycles. The number of ether oxygens (including phenoxy) is 4. The van der Waals surface area contributed by atoms with Crippen molar-refractivity contribution in [1.29, 1.82) is 0 Å². The van der Waals surface area contributed by atoms with E-state index >= 15 is 0 Å². The van der Waals surface area contributed by atoms with Crippen LogP contribution < -0.4 is 18.9 Å². The van der Waals surface area contributed by atoms with E-state index < -0.39 is 0 Å². The number of hydrogen-bond donors (Lipinski definition) is 0. The van der Waals surface area contributed by atoms with Gasteiger partial charge in [0.2, 0.25) is 5.75 Å². The molecule has 2 rings (SSSR count). The second-order valence-electron chi connectivity index (χ2n) is 4.18. The Balaban J connectivity index is 2.31. The fraction of sp³-hybridized carbons (Fsp3) is 0.250.